The van der Waals surface area contributed by atoms with Crippen LogP contribution >= 0.6 is 0 Å². The molecule has 0 saturated heterocycles. The molecule has 2 aromatic rings. The zero-order valence-electron chi connectivity index (χ0n) is 10.7. The van der Waals surface area contributed by atoms with Crippen molar-refractivity contribution in [3.8, 4) is 22.9 Å². The van der Waals surface area contributed by atoms with E-state index in [1.807, 2.05) is 18.2 Å². The second kappa shape index (κ2) is 4.26. The fourth-order valence-electron chi connectivity index (χ4n) is 2.51. The molecule has 0 fully saturated rings. The highest BCUT2D eigenvalue weighted by Crippen LogP contribution is 2.35. The molecule has 0 radical (unpaired) electrons. The molecule has 4 rings (SSSR count). The fraction of sp³-hybridized carbons (Fsp3) is 0.286. The van der Waals surface area contributed by atoms with Gasteiger partial charge in [-0.3, -0.25) is 4.79 Å². The predicted octanol–water partition coefficient (Wildman–Crippen LogP) is 1.48. The summed E-state index contributed by atoms with van der Waals surface area (Å²) in [5.41, 5.74) is 2.28. The maximum Gasteiger partial charge on any atom is 0.271 e. The molecule has 0 spiro atoms. The number of hydrogen-bond donors (Lipinski definition) is 2. The highest BCUT2D eigenvalue weighted by molar-refractivity contribution is 5.94. The van der Waals surface area contributed by atoms with Crippen molar-refractivity contribution in [1.29, 1.82) is 0 Å². The smallest absolute Gasteiger partial charge is 0.271 e. The van der Waals surface area contributed by atoms with E-state index in [1.165, 1.54) is 0 Å². The van der Waals surface area contributed by atoms with Crippen LogP contribution in [0.25, 0.3) is 11.4 Å². The van der Waals surface area contributed by atoms with E-state index in [-0.39, 0.29) is 12.7 Å². The Kier molecular flexibility index (Phi) is 2.42. The Morgan fingerprint density at radius 1 is 1.20 bits per heavy atom. The molecule has 3 heterocycles. The third-order valence-corrected chi connectivity index (χ3v) is 3.53. The number of aromatic amines is 1. The quantitative estimate of drug-likeness (QED) is 0.823. The highest BCUT2D eigenvalue weighted by atomic mass is 16.7. The number of nitrogens with one attached hydrogen (secondary N) is 2. The van der Waals surface area contributed by atoms with Crippen LogP contribution in [0.3, 0.4) is 0 Å². The van der Waals surface area contributed by atoms with Crippen molar-refractivity contribution in [3.05, 3.63) is 29.6 Å². The van der Waals surface area contributed by atoms with Gasteiger partial charge in [-0.05, 0) is 31.0 Å². The zero-order chi connectivity index (χ0) is 13.5. The molecule has 1 aromatic heterocycles. The van der Waals surface area contributed by atoms with E-state index in [0.717, 1.165) is 29.8 Å². The van der Waals surface area contributed by atoms with Gasteiger partial charge in [-0.15, -0.1) is 0 Å². The van der Waals surface area contributed by atoms with Crippen LogP contribution in [0, 0.1) is 0 Å². The van der Waals surface area contributed by atoms with E-state index < -0.39 is 0 Å². The molecule has 0 aliphatic carbocycles. The normalized spacial score (nSPS) is 16.5. The molecule has 2 N–H and O–H groups in total. The summed E-state index contributed by atoms with van der Waals surface area (Å²) >= 11 is 0. The van der Waals surface area contributed by atoms with Gasteiger partial charge in [0.15, 0.2) is 11.5 Å². The Labute approximate surface area is 115 Å². The molecule has 0 saturated carbocycles. The fourth-order valence-corrected chi connectivity index (χ4v) is 2.51. The molecule has 102 valence electrons. The topological polar surface area (TPSA) is 76.2 Å². The number of hydrogen-bond acceptors (Lipinski definition) is 4. The second-order valence-corrected chi connectivity index (χ2v) is 4.84. The molecule has 0 bridgehead atoms. The lowest BCUT2D eigenvalue weighted by Crippen LogP contribution is -2.23. The molecular weight excluding hydrogens is 258 g/mol. The number of aromatic nitrogens is 2. The SMILES string of the molecule is O=C1NCCCc2[nH]c(-c3ccc4c(c3)OCO4)nc21. The van der Waals surface area contributed by atoms with Gasteiger partial charge in [-0.2, -0.15) is 0 Å². The lowest BCUT2D eigenvalue weighted by Gasteiger charge is -2.00. The minimum atomic E-state index is -0.110. The molecule has 2 aliphatic heterocycles. The van der Waals surface area contributed by atoms with E-state index in [0.29, 0.717) is 23.8 Å². The first-order valence-corrected chi connectivity index (χ1v) is 6.58. The largest absolute Gasteiger partial charge is 0.454 e. The molecule has 0 atom stereocenters. The monoisotopic (exact) mass is 271 g/mol. The summed E-state index contributed by atoms with van der Waals surface area (Å²) in [7, 11) is 0. The molecular formula is C14H13N3O3. The summed E-state index contributed by atoms with van der Waals surface area (Å²) in [6.45, 7) is 0.943. The lowest BCUT2D eigenvalue weighted by molar-refractivity contribution is 0.0951. The number of aryl methyl sites for hydroxylation is 1. The Bertz CT molecular complexity index is 693. The summed E-state index contributed by atoms with van der Waals surface area (Å²) < 4.78 is 10.6. The van der Waals surface area contributed by atoms with E-state index in [4.69, 9.17) is 9.47 Å². The van der Waals surface area contributed by atoms with Crippen LogP contribution in [0.4, 0.5) is 0 Å². The van der Waals surface area contributed by atoms with Crippen LogP contribution in [-0.4, -0.2) is 29.2 Å². The summed E-state index contributed by atoms with van der Waals surface area (Å²) in [5.74, 6) is 2.02. The van der Waals surface area contributed by atoms with Crippen LogP contribution < -0.4 is 14.8 Å². The summed E-state index contributed by atoms with van der Waals surface area (Å²) in [6, 6.07) is 5.63. The van der Waals surface area contributed by atoms with Gasteiger partial charge in [-0.25, -0.2) is 4.98 Å². The summed E-state index contributed by atoms with van der Waals surface area (Å²) in [6.07, 6.45) is 1.74. The number of H-pyrrole nitrogens is 1. The van der Waals surface area contributed by atoms with Gasteiger partial charge >= 0.3 is 0 Å². The van der Waals surface area contributed by atoms with Crippen molar-refractivity contribution in [2.75, 3.05) is 13.3 Å². The van der Waals surface area contributed by atoms with Gasteiger partial charge in [0.05, 0.1) is 0 Å². The molecule has 1 aromatic carbocycles. The van der Waals surface area contributed by atoms with Crippen molar-refractivity contribution < 1.29 is 14.3 Å². The number of amides is 1. The summed E-state index contributed by atoms with van der Waals surface area (Å²) in [4.78, 5) is 19.6. The van der Waals surface area contributed by atoms with Gasteiger partial charge in [0, 0.05) is 17.8 Å². The molecule has 2 aliphatic rings. The van der Waals surface area contributed by atoms with Crippen LogP contribution in [0.1, 0.15) is 22.6 Å². The average molecular weight is 271 g/mol. The number of nitrogens with zero attached hydrogens (tertiary/aromatic N) is 1. The first-order valence-electron chi connectivity index (χ1n) is 6.58. The maximum absolute atomic E-state index is 11.9. The van der Waals surface area contributed by atoms with E-state index in [2.05, 4.69) is 15.3 Å². The maximum atomic E-state index is 11.9. The van der Waals surface area contributed by atoms with Gasteiger partial charge in [0.25, 0.3) is 5.91 Å². The van der Waals surface area contributed by atoms with Crippen LogP contribution in [0.2, 0.25) is 0 Å². The predicted molar refractivity (Wildman–Crippen MR) is 70.8 cm³/mol. The van der Waals surface area contributed by atoms with Gasteiger partial charge in [0.2, 0.25) is 6.79 Å². The van der Waals surface area contributed by atoms with Crippen molar-refractivity contribution in [2.45, 2.75) is 12.8 Å². The first-order chi connectivity index (χ1) is 9.81. The molecule has 0 unspecified atom stereocenters. The first kappa shape index (κ1) is 11.3. The molecule has 6 heteroatoms. The third-order valence-electron chi connectivity index (χ3n) is 3.53. The molecule has 6 nitrogen and oxygen atoms in total. The lowest BCUT2D eigenvalue weighted by atomic mass is 10.2. The zero-order valence-corrected chi connectivity index (χ0v) is 10.7. The number of carbonyl (C=O) groups is 1. The minimum Gasteiger partial charge on any atom is -0.454 e. The van der Waals surface area contributed by atoms with E-state index >= 15 is 0 Å². The van der Waals surface area contributed by atoms with Gasteiger partial charge in [-0.1, -0.05) is 0 Å². The molecule has 20 heavy (non-hydrogen) atoms. The number of benzene rings is 1. The van der Waals surface area contributed by atoms with Crippen molar-refractivity contribution >= 4 is 5.91 Å². The second-order valence-electron chi connectivity index (χ2n) is 4.84. The van der Waals surface area contributed by atoms with Crippen molar-refractivity contribution in [3.63, 3.8) is 0 Å². The Morgan fingerprint density at radius 3 is 3.05 bits per heavy atom. The van der Waals surface area contributed by atoms with E-state index in [9.17, 15) is 4.79 Å². The van der Waals surface area contributed by atoms with Crippen LogP contribution in [0.15, 0.2) is 18.2 Å². The average Bonchev–Trinajstić information content (AvgIpc) is 3.06. The number of ether oxygens (including phenoxy) is 2. The number of rotatable bonds is 1. The third kappa shape index (κ3) is 1.72. The van der Waals surface area contributed by atoms with Gasteiger partial charge < -0.3 is 19.8 Å². The number of imidazole rings is 1. The van der Waals surface area contributed by atoms with Gasteiger partial charge in [0.1, 0.15) is 11.5 Å². The minimum absolute atomic E-state index is 0.110. The standard InChI is InChI=1S/C14H13N3O3/c18-14-12-9(2-1-5-15-14)16-13(17-12)8-3-4-10-11(6-8)20-7-19-10/h3-4,6H,1-2,5,7H2,(H,15,18)(H,16,17). The number of fused-ring (bicyclic) bond motifs is 2. The Balaban J connectivity index is 1.76. The van der Waals surface area contributed by atoms with Crippen molar-refractivity contribution in [2.24, 2.45) is 0 Å². The van der Waals surface area contributed by atoms with Crippen molar-refractivity contribution in [1.82, 2.24) is 15.3 Å². The van der Waals surface area contributed by atoms with Crippen LogP contribution in [-0.2, 0) is 6.42 Å². The molecule has 1 amide bonds. The number of carbonyl (C=O) groups excluding carboxylic acids is 1. The Hall–Kier alpha value is -2.50. The Morgan fingerprint density at radius 2 is 2.10 bits per heavy atom. The summed E-state index contributed by atoms with van der Waals surface area (Å²) in [5, 5.41) is 2.84. The van der Waals surface area contributed by atoms with E-state index in [1.54, 1.807) is 0 Å². The van der Waals surface area contributed by atoms with Crippen LogP contribution in [0.5, 0.6) is 11.5 Å². The highest BCUT2D eigenvalue weighted by Gasteiger charge is 2.21.